The highest BCUT2D eigenvalue weighted by molar-refractivity contribution is 5.26. The smallest absolute Gasteiger partial charge is 0.388 e. The van der Waals surface area contributed by atoms with Gasteiger partial charge >= 0.3 is 6.18 Å². The minimum atomic E-state index is -4.34. The van der Waals surface area contributed by atoms with E-state index >= 15 is 0 Å². The number of rotatable bonds is 4. The second-order valence-corrected chi connectivity index (χ2v) is 4.31. The van der Waals surface area contributed by atoms with Gasteiger partial charge < -0.3 is 5.11 Å². The Balaban J connectivity index is 2.74. The van der Waals surface area contributed by atoms with E-state index in [1.165, 1.54) is 0 Å². The highest BCUT2D eigenvalue weighted by Crippen LogP contribution is 2.30. The van der Waals surface area contributed by atoms with Gasteiger partial charge in [-0.05, 0) is 23.5 Å². The molecule has 96 valence electrons. The third-order valence-electron chi connectivity index (χ3n) is 2.93. The maximum Gasteiger partial charge on any atom is 0.391 e. The summed E-state index contributed by atoms with van der Waals surface area (Å²) >= 11 is 0. The molecule has 4 heteroatoms. The lowest BCUT2D eigenvalue weighted by Crippen LogP contribution is -2.13. The zero-order valence-electron chi connectivity index (χ0n) is 9.96. The quantitative estimate of drug-likeness (QED) is 0.844. The first-order chi connectivity index (χ1) is 7.83. The molecule has 0 fully saturated rings. The van der Waals surface area contributed by atoms with Gasteiger partial charge in [0.2, 0.25) is 0 Å². The number of alkyl halides is 3. The first kappa shape index (κ1) is 14.0. The largest absolute Gasteiger partial charge is 0.391 e. The van der Waals surface area contributed by atoms with Gasteiger partial charge in [-0.15, -0.1) is 0 Å². The van der Waals surface area contributed by atoms with E-state index in [2.05, 4.69) is 13.8 Å². The topological polar surface area (TPSA) is 20.2 Å². The van der Waals surface area contributed by atoms with Crippen LogP contribution >= 0.6 is 0 Å². The molecule has 1 N–H and O–H groups in total. The van der Waals surface area contributed by atoms with E-state index in [0.717, 1.165) is 12.0 Å². The van der Waals surface area contributed by atoms with E-state index in [-0.39, 0.29) is 0 Å². The molecule has 17 heavy (non-hydrogen) atoms. The van der Waals surface area contributed by atoms with Gasteiger partial charge in [0.05, 0.1) is 12.5 Å². The van der Waals surface area contributed by atoms with Crippen LogP contribution in [0.1, 0.15) is 49.8 Å². The maximum atomic E-state index is 12.1. The maximum absolute atomic E-state index is 12.1. The number of hydrogen-bond acceptors (Lipinski definition) is 1. The highest BCUT2D eigenvalue weighted by Gasteiger charge is 2.31. The molecule has 0 aliphatic rings. The van der Waals surface area contributed by atoms with Gasteiger partial charge in [-0.2, -0.15) is 13.2 Å². The Bertz CT molecular complexity index is 343. The minimum absolute atomic E-state index is 0.314. The van der Waals surface area contributed by atoms with Gasteiger partial charge in [0.15, 0.2) is 0 Å². The van der Waals surface area contributed by atoms with Gasteiger partial charge in [-0.1, -0.05) is 38.1 Å². The molecule has 0 saturated carbocycles. The van der Waals surface area contributed by atoms with Crippen molar-refractivity contribution in [1.29, 1.82) is 0 Å². The van der Waals surface area contributed by atoms with Crippen molar-refractivity contribution in [2.75, 3.05) is 0 Å². The Labute approximate surface area is 99.3 Å². The molecule has 1 rings (SSSR count). The molecule has 0 aliphatic heterocycles. The molecular formula is C13H17F3O. The van der Waals surface area contributed by atoms with Crippen LogP contribution < -0.4 is 0 Å². The highest BCUT2D eigenvalue weighted by atomic mass is 19.4. The summed E-state index contributed by atoms with van der Waals surface area (Å²) in [4.78, 5) is 0. The van der Waals surface area contributed by atoms with E-state index in [9.17, 15) is 18.3 Å². The van der Waals surface area contributed by atoms with E-state index in [0.29, 0.717) is 11.5 Å². The van der Waals surface area contributed by atoms with Crippen LogP contribution in [0.15, 0.2) is 24.3 Å². The van der Waals surface area contributed by atoms with Crippen LogP contribution in [0.3, 0.4) is 0 Å². The van der Waals surface area contributed by atoms with Gasteiger partial charge in [-0.25, -0.2) is 0 Å². The Morgan fingerprint density at radius 3 is 2.00 bits per heavy atom. The van der Waals surface area contributed by atoms with Crippen molar-refractivity contribution in [2.45, 2.75) is 44.9 Å². The lowest BCUT2D eigenvalue weighted by Gasteiger charge is -2.15. The molecule has 2 unspecified atom stereocenters. The fourth-order valence-electron chi connectivity index (χ4n) is 1.62. The first-order valence-corrected chi connectivity index (χ1v) is 5.68. The summed E-state index contributed by atoms with van der Waals surface area (Å²) in [6.45, 7) is 4.11. The van der Waals surface area contributed by atoms with Gasteiger partial charge in [-0.3, -0.25) is 0 Å². The van der Waals surface area contributed by atoms with Crippen molar-refractivity contribution in [3.05, 3.63) is 35.4 Å². The van der Waals surface area contributed by atoms with E-state index in [4.69, 9.17) is 0 Å². The molecule has 1 nitrogen and oxygen atoms in total. The lowest BCUT2D eigenvalue weighted by molar-refractivity contribution is -0.154. The number of aliphatic hydroxyl groups is 1. The summed E-state index contributed by atoms with van der Waals surface area (Å²) < 4.78 is 36.3. The van der Waals surface area contributed by atoms with Crippen LogP contribution in [-0.2, 0) is 0 Å². The van der Waals surface area contributed by atoms with Crippen molar-refractivity contribution in [1.82, 2.24) is 0 Å². The number of benzene rings is 1. The Morgan fingerprint density at radius 2 is 1.59 bits per heavy atom. The lowest BCUT2D eigenvalue weighted by atomic mass is 9.96. The van der Waals surface area contributed by atoms with Crippen LogP contribution in [0.4, 0.5) is 13.2 Å². The Hall–Kier alpha value is -1.03. The SMILES string of the molecule is CCC(C)c1ccc(C(O)CC(F)(F)F)cc1. The fraction of sp³-hybridized carbons (Fsp3) is 0.538. The molecule has 2 atom stereocenters. The third kappa shape index (κ3) is 4.38. The molecular weight excluding hydrogens is 229 g/mol. The summed E-state index contributed by atoms with van der Waals surface area (Å²) in [5.41, 5.74) is 1.39. The average molecular weight is 246 g/mol. The minimum Gasteiger partial charge on any atom is -0.388 e. The van der Waals surface area contributed by atoms with Gasteiger partial charge in [0, 0.05) is 0 Å². The van der Waals surface area contributed by atoms with E-state index < -0.39 is 18.7 Å². The third-order valence-corrected chi connectivity index (χ3v) is 2.93. The molecule has 0 amide bonds. The molecule has 0 saturated heterocycles. The standard InChI is InChI=1S/C13H17F3O/c1-3-9(2)10-4-6-11(7-5-10)12(17)8-13(14,15)16/h4-7,9,12,17H,3,8H2,1-2H3. The van der Waals surface area contributed by atoms with Crippen molar-refractivity contribution in [3.63, 3.8) is 0 Å². The van der Waals surface area contributed by atoms with Crippen molar-refractivity contribution in [2.24, 2.45) is 0 Å². The van der Waals surface area contributed by atoms with Crippen molar-refractivity contribution < 1.29 is 18.3 Å². The van der Waals surface area contributed by atoms with Crippen LogP contribution in [0.5, 0.6) is 0 Å². The summed E-state index contributed by atoms with van der Waals surface area (Å²) in [7, 11) is 0. The van der Waals surface area contributed by atoms with Crippen molar-refractivity contribution >= 4 is 0 Å². The monoisotopic (exact) mass is 246 g/mol. The molecule has 0 radical (unpaired) electrons. The molecule has 0 aliphatic carbocycles. The number of hydrogen-bond donors (Lipinski definition) is 1. The number of aliphatic hydroxyl groups excluding tert-OH is 1. The second-order valence-electron chi connectivity index (χ2n) is 4.31. The predicted molar refractivity (Wildman–Crippen MR) is 60.8 cm³/mol. The molecule has 0 heterocycles. The number of halogens is 3. The van der Waals surface area contributed by atoms with Gasteiger partial charge in [0.25, 0.3) is 0 Å². The molecule has 0 spiro atoms. The zero-order chi connectivity index (χ0) is 13.1. The van der Waals surface area contributed by atoms with E-state index in [1.54, 1.807) is 24.3 Å². The summed E-state index contributed by atoms with van der Waals surface area (Å²) in [6.07, 6.45) is -6.03. The molecule has 0 bridgehead atoms. The van der Waals surface area contributed by atoms with Gasteiger partial charge in [0.1, 0.15) is 0 Å². The predicted octanol–water partition coefficient (Wildman–Crippen LogP) is 4.19. The second kappa shape index (κ2) is 5.54. The Kier molecular flexibility index (Phi) is 4.57. The fourth-order valence-corrected chi connectivity index (χ4v) is 1.62. The summed E-state index contributed by atoms with van der Waals surface area (Å²) in [6, 6.07) is 6.70. The Morgan fingerprint density at radius 1 is 1.12 bits per heavy atom. The van der Waals surface area contributed by atoms with Crippen LogP contribution in [0.2, 0.25) is 0 Å². The zero-order valence-corrected chi connectivity index (χ0v) is 9.96. The van der Waals surface area contributed by atoms with Crippen LogP contribution in [0, 0.1) is 0 Å². The molecule has 0 aromatic heterocycles. The summed E-state index contributed by atoms with van der Waals surface area (Å²) in [5.74, 6) is 0.379. The normalized spacial score (nSPS) is 15.6. The van der Waals surface area contributed by atoms with Crippen LogP contribution in [-0.4, -0.2) is 11.3 Å². The molecule has 1 aromatic carbocycles. The van der Waals surface area contributed by atoms with Crippen molar-refractivity contribution in [3.8, 4) is 0 Å². The van der Waals surface area contributed by atoms with E-state index in [1.807, 2.05) is 0 Å². The first-order valence-electron chi connectivity index (χ1n) is 5.68. The summed E-state index contributed by atoms with van der Waals surface area (Å²) in [5, 5.41) is 9.42. The average Bonchev–Trinajstić information content (AvgIpc) is 2.26. The molecule has 1 aromatic rings. The van der Waals surface area contributed by atoms with Crippen LogP contribution in [0.25, 0.3) is 0 Å².